The molecule has 0 saturated carbocycles. The molecule has 12 heavy (non-hydrogen) atoms. The Morgan fingerprint density at radius 1 is 1.42 bits per heavy atom. The van der Waals surface area contributed by atoms with Crippen LogP contribution >= 0.6 is 0 Å². The summed E-state index contributed by atoms with van der Waals surface area (Å²) in [4.78, 5) is 21.4. The Balaban J connectivity index is 2.96. The van der Waals surface area contributed by atoms with Crippen LogP contribution in [-0.2, 0) is 9.59 Å². The molecule has 7 nitrogen and oxygen atoms in total. The first-order chi connectivity index (χ1) is 5.63. The van der Waals surface area contributed by atoms with Gasteiger partial charge in [0.1, 0.15) is 5.69 Å². The standard InChI is InChI=1S/C5H7N5O2/c6-4(11)3(5(7)12)2-1-8-10-9-2/h1,3H,(H2,6,11)(H2,7,12)(H,8,9,10). The molecule has 0 atom stereocenters. The van der Waals surface area contributed by atoms with Crippen molar-refractivity contribution in [3.63, 3.8) is 0 Å². The highest BCUT2D eigenvalue weighted by atomic mass is 16.2. The molecule has 0 aliphatic carbocycles. The second kappa shape index (κ2) is 2.99. The SMILES string of the molecule is NC(=O)C(C(N)=O)c1cn[nH]n1. The summed E-state index contributed by atoms with van der Waals surface area (Å²) in [5.74, 6) is -2.88. The fraction of sp³-hybridized carbons (Fsp3) is 0.200. The zero-order valence-corrected chi connectivity index (χ0v) is 6.02. The predicted octanol–water partition coefficient (Wildman–Crippen LogP) is -2.14. The zero-order chi connectivity index (χ0) is 9.14. The lowest BCUT2D eigenvalue weighted by atomic mass is 10.1. The summed E-state index contributed by atoms with van der Waals surface area (Å²) >= 11 is 0. The number of aromatic nitrogens is 3. The van der Waals surface area contributed by atoms with Crippen molar-refractivity contribution in [3.05, 3.63) is 11.9 Å². The number of nitrogens with two attached hydrogens (primary N) is 2. The maximum Gasteiger partial charge on any atom is 0.236 e. The van der Waals surface area contributed by atoms with Crippen LogP contribution in [-0.4, -0.2) is 27.2 Å². The minimum atomic E-state index is -1.20. The number of primary amides is 2. The summed E-state index contributed by atoms with van der Waals surface area (Å²) < 4.78 is 0. The van der Waals surface area contributed by atoms with Gasteiger partial charge in [-0.15, -0.1) is 0 Å². The van der Waals surface area contributed by atoms with Crippen molar-refractivity contribution in [2.24, 2.45) is 11.5 Å². The van der Waals surface area contributed by atoms with E-state index in [0.717, 1.165) is 0 Å². The third kappa shape index (κ3) is 1.39. The van der Waals surface area contributed by atoms with Crippen LogP contribution in [0.4, 0.5) is 0 Å². The summed E-state index contributed by atoms with van der Waals surface area (Å²) in [6.45, 7) is 0. The Labute approximate surface area is 67.1 Å². The largest absolute Gasteiger partial charge is 0.369 e. The van der Waals surface area contributed by atoms with Gasteiger partial charge in [0.05, 0.1) is 6.20 Å². The number of rotatable bonds is 3. The van der Waals surface area contributed by atoms with Gasteiger partial charge in [-0.1, -0.05) is 0 Å². The summed E-state index contributed by atoms with van der Waals surface area (Å²) in [5.41, 5.74) is 9.95. The number of hydrogen-bond acceptors (Lipinski definition) is 4. The van der Waals surface area contributed by atoms with E-state index in [0.29, 0.717) is 0 Å². The van der Waals surface area contributed by atoms with Crippen molar-refractivity contribution in [1.82, 2.24) is 15.4 Å². The van der Waals surface area contributed by atoms with Crippen LogP contribution in [0.3, 0.4) is 0 Å². The monoisotopic (exact) mass is 169 g/mol. The summed E-state index contributed by atoms with van der Waals surface area (Å²) in [5, 5.41) is 9.18. The van der Waals surface area contributed by atoms with E-state index < -0.39 is 17.7 Å². The molecule has 0 bridgehead atoms. The fourth-order valence-corrected chi connectivity index (χ4v) is 0.781. The molecule has 0 fully saturated rings. The second-order valence-corrected chi connectivity index (χ2v) is 2.13. The molecule has 0 radical (unpaired) electrons. The number of aromatic amines is 1. The van der Waals surface area contributed by atoms with Gasteiger partial charge >= 0.3 is 0 Å². The summed E-state index contributed by atoms with van der Waals surface area (Å²) in [6.07, 6.45) is 1.22. The van der Waals surface area contributed by atoms with E-state index in [4.69, 9.17) is 11.5 Å². The molecule has 1 aromatic heterocycles. The number of nitrogens with one attached hydrogen (secondary N) is 1. The molecule has 0 aliphatic heterocycles. The molecule has 5 N–H and O–H groups in total. The minimum Gasteiger partial charge on any atom is -0.369 e. The zero-order valence-electron chi connectivity index (χ0n) is 6.02. The van der Waals surface area contributed by atoms with Crippen molar-refractivity contribution < 1.29 is 9.59 Å². The Bertz CT molecular complexity index is 279. The van der Waals surface area contributed by atoms with Gasteiger partial charge < -0.3 is 11.5 Å². The molecule has 0 aliphatic rings. The Morgan fingerprint density at radius 3 is 2.33 bits per heavy atom. The van der Waals surface area contributed by atoms with E-state index in [1.165, 1.54) is 6.20 Å². The molecule has 0 unspecified atom stereocenters. The molecule has 1 aromatic rings. The number of carbonyl (C=O) groups excluding carboxylic acids is 2. The Hall–Kier alpha value is -1.92. The second-order valence-electron chi connectivity index (χ2n) is 2.13. The Kier molecular flexibility index (Phi) is 2.04. The van der Waals surface area contributed by atoms with Gasteiger partial charge in [0.15, 0.2) is 5.92 Å². The maximum absolute atomic E-state index is 10.7. The van der Waals surface area contributed by atoms with E-state index in [1.54, 1.807) is 0 Å². The lowest BCUT2D eigenvalue weighted by Gasteiger charge is -2.03. The molecule has 0 spiro atoms. The highest BCUT2D eigenvalue weighted by Crippen LogP contribution is 2.09. The number of H-pyrrole nitrogens is 1. The molecule has 0 saturated heterocycles. The molecule has 64 valence electrons. The maximum atomic E-state index is 10.7. The van der Waals surface area contributed by atoms with Crippen LogP contribution < -0.4 is 11.5 Å². The first kappa shape index (κ1) is 8.18. The number of hydrogen-bond donors (Lipinski definition) is 3. The summed E-state index contributed by atoms with van der Waals surface area (Å²) in [6, 6.07) is 0. The van der Waals surface area contributed by atoms with E-state index in [9.17, 15) is 9.59 Å². The van der Waals surface area contributed by atoms with Crippen molar-refractivity contribution in [1.29, 1.82) is 0 Å². The van der Waals surface area contributed by atoms with Crippen molar-refractivity contribution in [2.45, 2.75) is 5.92 Å². The number of carbonyl (C=O) groups is 2. The van der Waals surface area contributed by atoms with Gasteiger partial charge in [0, 0.05) is 0 Å². The minimum absolute atomic E-state index is 0.134. The lowest BCUT2D eigenvalue weighted by molar-refractivity contribution is -0.128. The quantitative estimate of drug-likeness (QED) is 0.446. The van der Waals surface area contributed by atoms with Crippen LogP contribution in [0, 0.1) is 0 Å². The molecular formula is C5H7N5O2. The van der Waals surface area contributed by atoms with Gasteiger partial charge in [-0.25, -0.2) is 0 Å². The van der Waals surface area contributed by atoms with Gasteiger partial charge in [-0.3, -0.25) is 9.59 Å². The van der Waals surface area contributed by atoms with Crippen LogP contribution in [0.1, 0.15) is 11.6 Å². The number of nitrogens with zero attached hydrogens (tertiary/aromatic N) is 2. The molecule has 2 amide bonds. The van der Waals surface area contributed by atoms with Gasteiger partial charge in [0.2, 0.25) is 11.8 Å². The highest BCUT2D eigenvalue weighted by molar-refractivity contribution is 6.03. The first-order valence-corrected chi connectivity index (χ1v) is 3.07. The van der Waals surface area contributed by atoms with Crippen molar-refractivity contribution in [2.75, 3.05) is 0 Å². The van der Waals surface area contributed by atoms with Gasteiger partial charge in [-0.05, 0) is 0 Å². The third-order valence-corrected chi connectivity index (χ3v) is 1.30. The van der Waals surface area contributed by atoms with Crippen LogP contribution in [0.2, 0.25) is 0 Å². The van der Waals surface area contributed by atoms with E-state index in [1.807, 2.05) is 0 Å². The average molecular weight is 169 g/mol. The van der Waals surface area contributed by atoms with Crippen LogP contribution in [0.5, 0.6) is 0 Å². The highest BCUT2D eigenvalue weighted by Gasteiger charge is 2.26. The van der Waals surface area contributed by atoms with E-state index >= 15 is 0 Å². The lowest BCUT2D eigenvalue weighted by Crippen LogP contribution is -2.33. The topological polar surface area (TPSA) is 128 Å². The Morgan fingerprint density at radius 2 is 2.00 bits per heavy atom. The molecule has 0 aromatic carbocycles. The third-order valence-electron chi connectivity index (χ3n) is 1.30. The van der Waals surface area contributed by atoms with Gasteiger partial charge in [-0.2, -0.15) is 15.4 Å². The molecule has 1 heterocycles. The van der Waals surface area contributed by atoms with E-state index in [-0.39, 0.29) is 5.69 Å². The number of amides is 2. The smallest absolute Gasteiger partial charge is 0.236 e. The molecule has 1 rings (SSSR count). The molecular weight excluding hydrogens is 162 g/mol. The molecule has 7 heteroatoms. The van der Waals surface area contributed by atoms with E-state index in [2.05, 4.69) is 15.4 Å². The normalized spacial score (nSPS) is 10.1. The summed E-state index contributed by atoms with van der Waals surface area (Å²) in [7, 11) is 0. The predicted molar refractivity (Wildman–Crippen MR) is 37.5 cm³/mol. The average Bonchev–Trinajstić information content (AvgIpc) is 2.37. The van der Waals surface area contributed by atoms with Gasteiger partial charge in [0.25, 0.3) is 0 Å². The first-order valence-electron chi connectivity index (χ1n) is 3.07. The fourth-order valence-electron chi connectivity index (χ4n) is 0.781. The van der Waals surface area contributed by atoms with Crippen molar-refractivity contribution >= 4 is 11.8 Å². The van der Waals surface area contributed by atoms with Crippen LogP contribution in [0.25, 0.3) is 0 Å². The van der Waals surface area contributed by atoms with Crippen molar-refractivity contribution in [3.8, 4) is 0 Å². The van der Waals surface area contributed by atoms with Crippen LogP contribution in [0.15, 0.2) is 6.20 Å².